The first kappa shape index (κ1) is 21.2. The number of sulfonamides is 1. The van der Waals surface area contributed by atoms with Crippen LogP contribution >= 0.6 is 0 Å². The summed E-state index contributed by atoms with van der Waals surface area (Å²) >= 11 is 0. The number of hydrogen-bond acceptors (Lipinski definition) is 7. The van der Waals surface area contributed by atoms with Crippen LogP contribution in [0, 0.1) is 0 Å². The van der Waals surface area contributed by atoms with Crippen LogP contribution in [0.2, 0.25) is 0 Å². The predicted octanol–water partition coefficient (Wildman–Crippen LogP) is 3.12. The fraction of sp³-hybridized carbons (Fsp3) is 0.318. The van der Waals surface area contributed by atoms with Crippen LogP contribution in [0.5, 0.6) is 0 Å². The third kappa shape index (κ3) is 5.56. The minimum absolute atomic E-state index is 0.440. The third-order valence-corrected chi connectivity index (χ3v) is 6.80. The lowest BCUT2D eigenvalue weighted by molar-refractivity contribution is 0.388. The van der Waals surface area contributed by atoms with Gasteiger partial charge in [0.05, 0.1) is 12.5 Å². The van der Waals surface area contributed by atoms with Crippen LogP contribution in [0.3, 0.4) is 0 Å². The highest BCUT2D eigenvalue weighted by atomic mass is 32.2. The first-order valence-corrected chi connectivity index (χ1v) is 11.8. The van der Waals surface area contributed by atoms with Gasteiger partial charge < -0.3 is 9.32 Å². The van der Waals surface area contributed by atoms with Crippen LogP contribution in [0.15, 0.2) is 71.3 Å². The standard InChI is InChI=1S/C22H25N5O3S/c28-31(29,16-3-1-2-5-21-23-9-4-10-24-21)27-13-11-26(12-14-27)22-7-6-19(17-25-22)20-8-15-30-18-20/h3-4,6-10,15-18H,1-2,5,11-14H2. The molecule has 0 bridgehead atoms. The number of aromatic nitrogens is 3. The van der Waals surface area contributed by atoms with E-state index in [1.54, 1.807) is 37.1 Å². The molecule has 8 nitrogen and oxygen atoms in total. The number of pyridine rings is 1. The predicted molar refractivity (Wildman–Crippen MR) is 119 cm³/mol. The van der Waals surface area contributed by atoms with Crippen molar-refractivity contribution in [3.63, 3.8) is 0 Å². The van der Waals surface area contributed by atoms with Crippen molar-refractivity contribution < 1.29 is 12.8 Å². The van der Waals surface area contributed by atoms with Gasteiger partial charge in [-0.05, 0) is 37.1 Å². The maximum absolute atomic E-state index is 12.6. The van der Waals surface area contributed by atoms with Crippen LogP contribution in [-0.2, 0) is 16.4 Å². The average Bonchev–Trinajstić information content (AvgIpc) is 3.35. The zero-order valence-electron chi connectivity index (χ0n) is 17.2. The van der Waals surface area contributed by atoms with Gasteiger partial charge in [0.2, 0.25) is 10.0 Å². The maximum atomic E-state index is 12.6. The van der Waals surface area contributed by atoms with E-state index in [4.69, 9.17) is 4.42 Å². The van der Waals surface area contributed by atoms with Gasteiger partial charge in [0.25, 0.3) is 0 Å². The molecule has 31 heavy (non-hydrogen) atoms. The van der Waals surface area contributed by atoms with Gasteiger partial charge in [-0.3, -0.25) is 0 Å². The molecule has 3 aromatic rings. The quantitative estimate of drug-likeness (QED) is 0.498. The lowest BCUT2D eigenvalue weighted by Crippen LogP contribution is -2.48. The Hall–Kier alpha value is -3.04. The summed E-state index contributed by atoms with van der Waals surface area (Å²) in [5, 5.41) is 1.33. The van der Waals surface area contributed by atoms with Gasteiger partial charge in [0.1, 0.15) is 11.6 Å². The van der Waals surface area contributed by atoms with Gasteiger partial charge in [-0.25, -0.2) is 23.4 Å². The Kier molecular flexibility index (Phi) is 6.73. The Morgan fingerprint density at radius 1 is 1.00 bits per heavy atom. The largest absolute Gasteiger partial charge is 0.472 e. The van der Waals surface area contributed by atoms with E-state index in [0.29, 0.717) is 32.6 Å². The molecule has 4 rings (SSSR count). The molecule has 4 heterocycles. The molecule has 0 saturated carbocycles. The highest BCUT2D eigenvalue weighted by Crippen LogP contribution is 2.22. The molecule has 0 aliphatic carbocycles. The fourth-order valence-corrected chi connectivity index (χ4v) is 4.68. The van der Waals surface area contributed by atoms with Crippen molar-refractivity contribution >= 4 is 15.8 Å². The molecule has 0 atom stereocenters. The normalized spacial score (nSPS) is 15.5. The summed E-state index contributed by atoms with van der Waals surface area (Å²) in [4.78, 5) is 15.0. The number of furan rings is 1. The van der Waals surface area contributed by atoms with Crippen LogP contribution in [0.4, 0.5) is 5.82 Å². The highest BCUT2D eigenvalue weighted by Gasteiger charge is 2.25. The van der Waals surface area contributed by atoms with Gasteiger partial charge in [0.15, 0.2) is 0 Å². The van der Waals surface area contributed by atoms with Crippen LogP contribution in [0.25, 0.3) is 11.1 Å². The van der Waals surface area contributed by atoms with E-state index in [1.807, 2.05) is 24.4 Å². The average molecular weight is 440 g/mol. The number of nitrogens with zero attached hydrogens (tertiary/aromatic N) is 5. The summed E-state index contributed by atoms with van der Waals surface area (Å²) in [7, 11) is -3.41. The Labute approximate surface area is 182 Å². The second-order valence-electron chi connectivity index (χ2n) is 7.28. The summed E-state index contributed by atoms with van der Waals surface area (Å²) in [6.45, 7) is 2.10. The molecular formula is C22H25N5O3S. The molecule has 1 fully saturated rings. The second-order valence-corrected chi connectivity index (χ2v) is 9.10. The second kappa shape index (κ2) is 9.84. The molecule has 1 aliphatic heterocycles. The van der Waals surface area contributed by atoms with Gasteiger partial charge in [0, 0.05) is 67.7 Å². The lowest BCUT2D eigenvalue weighted by atomic mass is 10.1. The minimum atomic E-state index is -3.41. The van der Waals surface area contributed by atoms with Crippen molar-refractivity contribution in [3.8, 4) is 11.1 Å². The van der Waals surface area contributed by atoms with Crippen molar-refractivity contribution in [2.24, 2.45) is 0 Å². The molecule has 3 aromatic heterocycles. The van der Waals surface area contributed by atoms with Crippen molar-refractivity contribution in [2.45, 2.75) is 19.3 Å². The Balaban J connectivity index is 1.25. The molecule has 0 aromatic carbocycles. The zero-order chi connectivity index (χ0) is 21.5. The van der Waals surface area contributed by atoms with Gasteiger partial charge in [-0.1, -0.05) is 6.08 Å². The number of aryl methyl sites for hydroxylation is 1. The van der Waals surface area contributed by atoms with Crippen molar-refractivity contribution in [2.75, 3.05) is 31.1 Å². The van der Waals surface area contributed by atoms with E-state index in [1.165, 1.54) is 9.71 Å². The number of hydrogen-bond donors (Lipinski definition) is 0. The number of piperazine rings is 1. The van der Waals surface area contributed by atoms with E-state index in [-0.39, 0.29) is 0 Å². The van der Waals surface area contributed by atoms with Crippen molar-refractivity contribution in [1.29, 1.82) is 0 Å². The minimum Gasteiger partial charge on any atom is -0.472 e. The zero-order valence-corrected chi connectivity index (χ0v) is 18.0. The van der Waals surface area contributed by atoms with Crippen LogP contribution < -0.4 is 4.90 Å². The molecule has 1 saturated heterocycles. The molecule has 0 radical (unpaired) electrons. The topological polar surface area (TPSA) is 92.4 Å². The van der Waals surface area contributed by atoms with Gasteiger partial charge >= 0.3 is 0 Å². The van der Waals surface area contributed by atoms with Crippen LogP contribution in [-0.4, -0.2) is 53.9 Å². The summed E-state index contributed by atoms with van der Waals surface area (Å²) in [5.41, 5.74) is 1.97. The number of unbranched alkanes of at least 4 members (excludes halogenated alkanes) is 1. The van der Waals surface area contributed by atoms with Gasteiger partial charge in [-0.15, -0.1) is 0 Å². The lowest BCUT2D eigenvalue weighted by Gasteiger charge is -2.34. The van der Waals surface area contributed by atoms with Crippen molar-refractivity contribution in [1.82, 2.24) is 19.3 Å². The highest BCUT2D eigenvalue weighted by molar-refractivity contribution is 7.92. The summed E-state index contributed by atoms with van der Waals surface area (Å²) < 4.78 is 31.9. The van der Waals surface area contributed by atoms with Crippen LogP contribution in [0.1, 0.15) is 18.7 Å². The first-order chi connectivity index (χ1) is 15.1. The number of allylic oxidation sites excluding steroid dienone is 1. The summed E-state index contributed by atoms with van der Waals surface area (Å²) in [5.74, 6) is 1.63. The number of rotatable bonds is 8. The smallest absolute Gasteiger partial charge is 0.236 e. The molecule has 0 spiro atoms. The molecule has 0 N–H and O–H groups in total. The summed E-state index contributed by atoms with van der Waals surface area (Å²) in [6, 6.07) is 7.63. The monoisotopic (exact) mass is 439 g/mol. The summed E-state index contributed by atoms with van der Waals surface area (Å²) in [6.07, 6.45) is 12.5. The molecule has 0 amide bonds. The Bertz CT molecular complexity index is 1080. The van der Waals surface area contributed by atoms with Crippen molar-refractivity contribution in [3.05, 3.63) is 72.7 Å². The first-order valence-electron chi connectivity index (χ1n) is 10.3. The third-order valence-electron chi connectivity index (χ3n) is 5.18. The molecule has 9 heteroatoms. The fourth-order valence-electron chi connectivity index (χ4n) is 3.46. The molecule has 162 valence electrons. The van der Waals surface area contributed by atoms with E-state index in [2.05, 4.69) is 19.9 Å². The molecule has 1 aliphatic rings. The number of anilines is 1. The Morgan fingerprint density at radius 2 is 1.81 bits per heavy atom. The van der Waals surface area contributed by atoms with E-state index in [0.717, 1.165) is 35.6 Å². The SMILES string of the molecule is O=S(=O)(C=CCCCc1ncccn1)N1CCN(c2ccc(-c3ccoc3)cn2)CC1. The maximum Gasteiger partial charge on any atom is 0.236 e. The van der Waals surface area contributed by atoms with E-state index in [9.17, 15) is 8.42 Å². The van der Waals surface area contributed by atoms with E-state index >= 15 is 0 Å². The Morgan fingerprint density at radius 3 is 2.48 bits per heavy atom. The van der Waals surface area contributed by atoms with Gasteiger partial charge in [-0.2, -0.15) is 4.31 Å². The molecule has 0 unspecified atom stereocenters. The van der Waals surface area contributed by atoms with E-state index < -0.39 is 10.0 Å². The molecular weight excluding hydrogens is 414 g/mol.